The van der Waals surface area contributed by atoms with E-state index in [1.807, 2.05) is 6.07 Å². The molecule has 2 nitrogen and oxygen atoms in total. The van der Waals surface area contributed by atoms with E-state index in [4.69, 9.17) is 5.73 Å². The van der Waals surface area contributed by atoms with Crippen LogP contribution in [0.1, 0.15) is 23.6 Å². The predicted octanol–water partition coefficient (Wildman–Crippen LogP) is 3.85. The minimum atomic E-state index is -0.231. The summed E-state index contributed by atoms with van der Waals surface area (Å²) in [5.41, 5.74) is 10.3. The van der Waals surface area contributed by atoms with E-state index in [-0.39, 0.29) is 5.82 Å². The fourth-order valence-electron chi connectivity index (χ4n) is 2.88. The molecule has 0 aliphatic rings. The normalized spacial score (nSPS) is 11.2. The molecule has 0 aliphatic carbocycles. The van der Waals surface area contributed by atoms with Crippen LogP contribution in [0.4, 0.5) is 4.39 Å². The molecule has 0 bridgehead atoms. The zero-order valence-electron chi connectivity index (χ0n) is 12.1. The number of nitrogens with two attached hydrogens (primary N) is 1. The number of aryl methyl sites for hydroxylation is 1. The molecule has 21 heavy (non-hydrogen) atoms. The Morgan fingerprint density at radius 1 is 1.05 bits per heavy atom. The van der Waals surface area contributed by atoms with Gasteiger partial charge in [-0.05, 0) is 46.7 Å². The Balaban J connectivity index is 2.06. The summed E-state index contributed by atoms with van der Waals surface area (Å²) in [6, 6.07) is 13.4. The van der Waals surface area contributed by atoms with Gasteiger partial charge in [-0.15, -0.1) is 0 Å². The highest BCUT2D eigenvalue weighted by atomic mass is 19.1. The standard InChI is InChI=1S/C18H19FN2/c1-2-13-4-3-5-14-8-9-21(18(13)14)12-15-6-7-17(19)10-16(15)11-20/h3-10H,2,11-12,20H2,1H3. The number of hydrogen-bond acceptors (Lipinski definition) is 1. The van der Waals surface area contributed by atoms with Crippen LogP contribution in [0.5, 0.6) is 0 Å². The van der Waals surface area contributed by atoms with E-state index in [1.165, 1.54) is 28.6 Å². The van der Waals surface area contributed by atoms with Gasteiger partial charge in [0.05, 0.1) is 5.52 Å². The van der Waals surface area contributed by atoms with E-state index in [9.17, 15) is 4.39 Å². The molecular formula is C18H19FN2. The first kappa shape index (κ1) is 13.8. The van der Waals surface area contributed by atoms with Gasteiger partial charge in [0.1, 0.15) is 5.82 Å². The van der Waals surface area contributed by atoms with Gasteiger partial charge < -0.3 is 10.3 Å². The minimum Gasteiger partial charge on any atom is -0.343 e. The van der Waals surface area contributed by atoms with Gasteiger partial charge in [-0.25, -0.2) is 4.39 Å². The van der Waals surface area contributed by atoms with Crippen LogP contribution in [0.15, 0.2) is 48.7 Å². The average molecular weight is 282 g/mol. The Hall–Kier alpha value is -2.13. The molecule has 3 rings (SSSR count). The van der Waals surface area contributed by atoms with Gasteiger partial charge in [0.15, 0.2) is 0 Å². The van der Waals surface area contributed by atoms with Crippen LogP contribution in [-0.4, -0.2) is 4.57 Å². The Morgan fingerprint density at radius 3 is 2.67 bits per heavy atom. The van der Waals surface area contributed by atoms with Crippen molar-refractivity contribution in [2.75, 3.05) is 0 Å². The number of halogens is 1. The number of benzene rings is 2. The average Bonchev–Trinajstić information content (AvgIpc) is 2.92. The molecule has 0 fully saturated rings. The summed E-state index contributed by atoms with van der Waals surface area (Å²) in [6.07, 6.45) is 3.09. The van der Waals surface area contributed by atoms with E-state index in [0.717, 1.165) is 17.5 Å². The van der Waals surface area contributed by atoms with Crippen molar-refractivity contribution in [1.29, 1.82) is 0 Å². The van der Waals surface area contributed by atoms with Crippen molar-refractivity contribution < 1.29 is 4.39 Å². The van der Waals surface area contributed by atoms with Crippen LogP contribution in [0.25, 0.3) is 10.9 Å². The fourth-order valence-corrected chi connectivity index (χ4v) is 2.88. The Bertz CT molecular complexity index is 774. The molecule has 2 N–H and O–H groups in total. The summed E-state index contributed by atoms with van der Waals surface area (Å²) < 4.78 is 15.5. The first-order valence-electron chi connectivity index (χ1n) is 7.27. The smallest absolute Gasteiger partial charge is 0.123 e. The number of para-hydroxylation sites is 1. The summed E-state index contributed by atoms with van der Waals surface area (Å²) in [4.78, 5) is 0. The van der Waals surface area contributed by atoms with Crippen molar-refractivity contribution in [3.05, 3.63) is 71.2 Å². The lowest BCUT2D eigenvalue weighted by Gasteiger charge is -2.12. The maximum Gasteiger partial charge on any atom is 0.123 e. The third kappa shape index (κ3) is 2.57. The Morgan fingerprint density at radius 2 is 1.90 bits per heavy atom. The van der Waals surface area contributed by atoms with E-state index in [0.29, 0.717) is 13.1 Å². The second-order valence-electron chi connectivity index (χ2n) is 5.27. The number of fused-ring (bicyclic) bond motifs is 1. The molecule has 108 valence electrons. The number of hydrogen-bond donors (Lipinski definition) is 1. The van der Waals surface area contributed by atoms with Gasteiger partial charge in [-0.2, -0.15) is 0 Å². The van der Waals surface area contributed by atoms with Crippen molar-refractivity contribution in [2.45, 2.75) is 26.4 Å². The molecule has 1 heterocycles. The van der Waals surface area contributed by atoms with Crippen LogP contribution in [-0.2, 0) is 19.5 Å². The summed E-state index contributed by atoms with van der Waals surface area (Å²) in [5, 5.41) is 1.24. The fraction of sp³-hybridized carbons (Fsp3) is 0.222. The zero-order chi connectivity index (χ0) is 14.8. The molecule has 0 saturated heterocycles. The minimum absolute atomic E-state index is 0.231. The van der Waals surface area contributed by atoms with Crippen LogP contribution < -0.4 is 5.73 Å². The van der Waals surface area contributed by atoms with E-state index in [1.54, 1.807) is 0 Å². The quantitative estimate of drug-likeness (QED) is 0.774. The largest absolute Gasteiger partial charge is 0.343 e. The lowest BCUT2D eigenvalue weighted by molar-refractivity contribution is 0.623. The van der Waals surface area contributed by atoms with Crippen molar-refractivity contribution in [2.24, 2.45) is 5.73 Å². The highest BCUT2D eigenvalue weighted by Gasteiger charge is 2.08. The molecular weight excluding hydrogens is 263 g/mol. The second-order valence-corrected chi connectivity index (χ2v) is 5.27. The highest BCUT2D eigenvalue weighted by Crippen LogP contribution is 2.23. The first-order valence-corrected chi connectivity index (χ1v) is 7.27. The molecule has 0 aliphatic heterocycles. The van der Waals surface area contributed by atoms with Gasteiger partial charge in [0.25, 0.3) is 0 Å². The number of aromatic nitrogens is 1. The topological polar surface area (TPSA) is 30.9 Å². The number of rotatable bonds is 4. The molecule has 2 aromatic carbocycles. The summed E-state index contributed by atoms with van der Waals surface area (Å²) in [5.74, 6) is -0.231. The van der Waals surface area contributed by atoms with Gasteiger partial charge in [-0.3, -0.25) is 0 Å². The Kier molecular flexibility index (Phi) is 3.76. The van der Waals surface area contributed by atoms with E-state index >= 15 is 0 Å². The van der Waals surface area contributed by atoms with Crippen LogP contribution >= 0.6 is 0 Å². The SMILES string of the molecule is CCc1cccc2ccn(Cc3ccc(F)cc3CN)c12. The summed E-state index contributed by atoms with van der Waals surface area (Å²) in [7, 11) is 0. The maximum absolute atomic E-state index is 13.3. The molecule has 0 saturated carbocycles. The van der Waals surface area contributed by atoms with Gasteiger partial charge in [0.2, 0.25) is 0 Å². The van der Waals surface area contributed by atoms with Crippen molar-refractivity contribution in [1.82, 2.24) is 4.57 Å². The lowest BCUT2D eigenvalue weighted by atomic mass is 10.1. The van der Waals surface area contributed by atoms with Gasteiger partial charge in [0, 0.05) is 19.3 Å². The van der Waals surface area contributed by atoms with Crippen molar-refractivity contribution in [3.63, 3.8) is 0 Å². The first-order chi connectivity index (χ1) is 10.2. The molecule has 0 radical (unpaired) electrons. The summed E-state index contributed by atoms with van der Waals surface area (Å²) in [6.45, 7) is 3.23. The highest BCUT2D eigenvalue weighted by molar-refractivity contribution is 5.83. The molecule has 0 unspecified atom stereocenters. The predicted molar refractivity (Wildman–Crippen MR) is 84.7 cm³/mol. The molecule has 0 amide bonds. The van der Waals surface area contributed by atoms with Gasteiger partial charge >= 0.3 is 0 Å². The third-order valence-electron chi connectivity index (χ3n) is 3.98. The zero-order valence-corrected chi connectivity index (χ0v) is 12.1. The van der Waals surface area contributed by atoms with Crippen molar-refractivity contribution in [3.8, 4) is 0 Å². The summed E-state index contributed by atoms with van der Waals surface area (Å²) >= 11 is 0. The van der Waals surface area contributed by atoms with Crippen LogP contribution in [0.3, 0.4) is 0 Å². The van der Waals surface area contributed by atoms with Gasteiger partial charge in [-0.1, -0.05) is 31.2 Å². The molecule has 3 aromatic rings. The maximum atomic E-state index is 13.3. The molecule has 0 spiro atoms. The number of nitrogens with zero attached hydrogens (tertiary/aromatic N) is 1. The van der Waals surface area contributed by atoms with Crippen LogP contribution in [0.2, 0.25) is 0 Å². The van der Waals surface area contributed by atoms with Crippen LogP contribution in [0, 0.1) is 5.82 Å². The third-order valence-corrected chi connectivity index (χ3v) is 3.98. The Labute approximate surface area is 124 Å². The second kappa shape index (κ2) is 5.70. The van der Waals surface area contributed by atoms with E-state index < -0.39 is 0 Å². The molecule has 1 aromatic heterocycles. The monoisotopic (exact) mass is 282 g/mol. The molecule has 3 heteroatoms. The molecule has 0 atom stereocenters. The lowest BCUT2D eigenvalue weighted by Crippen LogP contribution is -2.07. The van der Waals surface area contributed by atoms with Crippen molar-refractivity contribution >= 4 is 10.9 Å². The van der Waals surface area contributed by atoms with E-state index in [2.05, 4.69) is 42.0 Å².